The lowest BCUT2D eigenvalue weighted by molar-refractivity contribution is 0.228. The molecule has 0 atom stereocenters. The Labute approximate surface area is 112 Å². The van der Waals surface area contributed by atoms with Crippen LogP contribution in [0.2, 0.25) is 0 Å². The van der Waals surface area contributed by atoms with Crippen molar-refractivity contribution in [1.29, 1.82) is 0 Å². The van der Waals surface area contributed by atoms with Crippen molar-refractivity contribution in [2.75, 3.05) is 0 Å². The number of hydrogen-bond acceptors (Lipinski definition) is 1. The SMILES string of the molecule is CCC1CCC(N)(Cc2ccc(C)c(C)c2)CC1. The summed E-state index contributed by atoms with van der Waals surface area (Å²) in [4.78, 5) is 0. The third-order valence-electron chi connectivity index (χ3n) is 4.81. The zero-order valence-electron chi connectivity index (χ0n) is 12.1. The maximum atomic E-state index is 6.60. The van der Waals surface area contributed by atoms with Gasteiger partial charge in [0.2, 0.25) is 0 Å². The highest BCUT2D eigenvalue weighted by Gasteiger charge is 2.31. The summed E-state index contributed by atoms with van der Waals surface area (Å²) in [5, 5.41) is 0. The predicted octanol–water partition coefficient (Wildman–Crippen LogP) is 4.14. The molecule has 0 radical (unpaired) electrons. The maximum Gasteiger partial charge on any atom is 0.0195 e. The van der Waals surface area contributed by atoms with Crippen molar-refractivity contribution < 1.29 is 0 Å². The van der Waals surface area contributed by atoms with Gasteiger partial charge in [-0.25, -0.2) is 0 Å². The topological polar surface area (TPSA) is 26.0 Å². The molecule has 0 aliphatic heterocycles. The van der Waals surface area contributed by atoms with E-state index < -0.39 is 0 Å². The fourth-order valence-corrected chi connectivity index (χ4v) is 3.16. The summed E-state index contributed by atoms with van der Waals surface area (Å²) in [5.74, 6) is 0.918. The van der Waals surface area contributed by atoms with E-state index in [2.05, 4.69) is 39.0 Å². The first-order chi connectivity index (χ1) is 8.52. The molecule has 100 valence electrons. The van der Waals surface area contributed by atoms with Gasteiger partial charge in [0.05, 0.1) is 0 Å². The average Bonchev–Trinajstić information content (AvgIpc) is 2.35. The van der Waals surface area contributed by atoms with Crippen molar-refractivity contribution in [2.45, 2.75) is 64.8 Å². The van der Waals surface area contributed by atoms with Crippen LogP contribution in [0.4, 0.5) is 0 Å². The molecule has 1 aliphatic carbocycles. The molecule has 0 spiro atoms. The first-order valence-electron chi connectivity index (χ1n) is 7.37. The van der Waals surface area contributed by atoms with Gasteiger partial charge in [-0.15, -0.1) is 0 Å². The van der Waals surface area contributed by atoms with Gasteiger partial charge in [-0.2, -0.15) is 0 Å². The number of rotatable bonds is 3. The molecule has 1 heteroatoms. The third-order valence-corrected chi connectivity index (χ3v) is 4.81. The molecule has 0 amide bonds. The molecule has 1 aromatic rings. The summed E-state index contributed by atoms with van der Waals surface area (Å²) in [6.07, 6.45) is 7.39. The highest BCUT2D eigenvalue weighted by molar-refractivity contribution is 5.31. The Bertz CT molecular complexity index is 400. The molecular weight excluding hydrogens is 218 g/mol. The van der Waals surface area contributed by atoms with Gasteiger partial charge in [-0.05, 0) is 68.6 Å². The summed E-state index contributed by atoms with van der Waals surface area (Å²) < 4.78 is 0. The minimum absolute atomic E-state index is 0.0490. The first-order valence-corrected chi connectivity index (χ1v) is 7.37. The van der Waals surface area contributed by atoms with Crippen LogP contribution in [0.25, 0.3) is 0 Å². The van der Waals surface area contributed by atoms with Crippen molar-refractivity contribution in [3.8, 4) is 0 Å². The molecule has 1 nitrogen and oxygen atoms in total. The highest BCUT2D eigenvalue weighted by Crippen LogP contribution is 2.34. The van der Waals surface area contributed by atoms with Crippen molar-refractivity contribution in [1.82, 2.24) is 0 Å². The summed E-state index contributed by atoms with van der Waals surface area (Å²) in [5.41, 5.74) is 10.8. The fraction of sp³-hybridized carbons (Fsp3) is 0.647. The van der Waals surface area contributed by atoms with Crippen LogP contribution in [-0.2, 0) is 6.42 Å². The van der Waals surface area contributed by atoms with Gasteiger partial charge < -0.3 is 5.73 Å². The number of benzene rings is 1. The Balaban J connectivity index is 2.02. The van der Waals surface area contributed by atoms with Gasteiger partial charge in [-0.1, -0.05) is 31.5 Å². The summed E-state index contributed by atoms with van der Waals surface area (Å²) >= 11 is 0. The summed E-state index contributed by atoms with van der Waals surface area (Å²) in [6, 6.07) is 6.80. The molecule has 1 aliphatic rings. The molecule has 1 aromatic carbocycles. The fourth-order valence-electron chi connectivity index (χ4n) is 3.16. The monoisotopic (exact) mass is 245 g/mol. The highest BCUT2D eigenvalue weighted by atomic mass is 14.7. The van der Waals surface area contributed by atoms with Crippen LogP contribution >= 0.6 is 0 Å². The Morgan fingerprint density at radius 1 is 1.17 bits per heavy atom. The second-order valence-corrected chi connectivity index (χ2v) is 6.31. The van der Waals surface area contributed by atoms with Gasteiger partial charge in [-0.3, -0.25) is 0 Å². The molecule has 18 heavy (non-hydrogen) atoms. The van der Waals surface area contributed by atoms with Gasteiger partial charge in [0.25, 0.3) is 0 Å². The van der Waals surface area contributed by atoms with Crippen molar-refractivity contribution in [3.63, 3.8) is 0 Å². The third kappa shape index (κ3) is 3.14. The quantitative estimate of drug-likeness (QED) is 0.851. The lowest BCUT2D eigenvalue weighted by Crippen LogP contribution is -2.45. The standard InChI is InChI=1S/C17H27N/c1-4-15-7-9-17(18,10-8-15)12-16-6-5-13(2)14(3)11-16/h5-6,11,15H,4,7-10,12,18H2,1-3H3. The lowest BCUT2D eigenvalue weighted by atomic mass is 9.73. The lowest BCUT2D eigenvalue weighted by Gasteiger charge is -2.37. The van der Waals surface area contributed by atoms with Crippen LogP contribution in [0.1, 0.15) is 55.7 Å². The molecule has 0 heterocycles. The number of hydrogen-bond donors (Lipinski definition) is 1. The van der Waals surface area contributed by atoms with E-state index in [1.807, 2.05) is 0 Å². The maximum absolute atomic E-state index is 6.60. The van der Waals surface area contributed by atoms with Crippen LogP contribution in [0.5, 0.6) is 0 Å². The molecule has 0 saturated heterocycles. The predicted molar refractivity (Wildman–Crippen MR) is 78.8 cm³/mol. The molecule has 0 unspecified atom stereocenters. The van der Waals surface area contributed by atoms with E-state index in [9.17, 15) is 0 Å². The molecule has 2 rings (SSSR count). The van der Waals surface area contributed by atoms with Crippen LogP contribution in [0, 0.1) is 19.8 Å². The molecular formula is C17H27N. The smallest absolute Gasteiger partial charge is 0.0195 e. The van der Waals surface area contributed by atoms with Gasteiger partial charge in [0, 0.05) is 5.54 Å². The zero-order valence-corrected chi connectivity index (χ0v) is 12.1. The molecule has 0 aromatic heterocycles. The van der Waals surface area contributed by atoms with E-state index >= 15 is 0 Å². The Morgan fingerprint density at radius 2 is 1.83 bits per heavy atom. The molecule has 1 fully saturated rings. The minimum atomic E-state index is 0.0490. The van der Waals surface area contributed by atoms with Crippen LogP contribution in [-0.4, -0.2) is 5.54 Å². The summed E-state index contributed by atoms with van der Waals surface area (Å²) in [7, 11) is 0. The second-order valence-electron chi connectivity index (χ2n) is 6.31. The first kappa shape index (κ1) is 13.6. The Morgan fingerprint density at radius 3 is 2.39 bits per heavy atom. The zero-order chi connectivity index (χ0) is 13.2. The molecule has 1 saturated carbocycles. The van der Waals surface area contributed by atoms with Crippen LogP contribution in [0.15, 0.2) is 18.2 Å². The van der Waals surface area contributed by atoms with E-state index in [0.717, 1.165) is 12.3 Å². The normalized spacial score (nSPS) is 28.3. The largest absolute Gasteiger partial charge is 0.325 e. The van der Waals surface area contributed by atoms with E-state index in [0.29, 0.717) is 0 Å². The van der Waals surface area contributed by atoms with Gasteiger partial charge in [0.15, 0.2) is 0 Å². The van der Waals surface area contributed by atoms with E-state index in [-0.39, 0.29) is 5.54 Å². The Hall–Kier alpha value is -0.820. The number of aryl methyl sites for hydroxylation is 2. The minimum Gasteiger partial charge on any atom is -0.325 e. The van der Waals surface area contributed by atoms with Crippen molar-refractivity contribution in [2.24, 2.45) is 11.7 Å². The van der Waals surface area contributed by atoms with Crippen LogP contribution < -0.4 is 5.73 Å². The average molecular weight is 245 g/mol. The second kappa shape index (κ2) is 5.44. The van der Waals surface area contributed by atoms with Crippen molar-refractivity contribution >= 4 is 0 Å². The van der Waals surface area contributed by atoms with E-state index in [4.69, 9.17) is 5.73 Å². The Kier molecular flexibility index (Phi) is 4.11. The summed E-state index contributed by atoms with van der Waals surface area (Å²) in [6.45, 7) is 6.66. The van der Waals surface area contributed by atoms with Gasteiger partial charge in [0.1, 0.15) is 0 Å². The number of nitrogens with two attached hydrogens (primary N) is 1. The van der Waals surface area contributed by atoms with E-state index in [1.165, 1.54) is 48.8 Å². The van der Waals surface area contributed by atoms with Crippen molar-refractivity contribution in [3.05, 3.63) is 34.9 Å². The van der Waals surface area contributed by atoms with E-state index in [1.54, 1.807) is 0 Å². The molecule has 2 N–H and O–H groups in total. The molecule has 0 bridgehead atoms. The van der Waals surface area contributed by atoms with Gasteiger partial charge >= 0.3 is 0 Å². The van der Waals surface area contributed by atoms with Crippen LogP contribution in [0.3, 0.4) is 0 Å².